The third-order valence-corrected chi connectivity index (χ3v) is 2.19. The molecule has 0 saturated heterocycles. The van der Waals surface area contributed by atoms with Crippen LogP contribution in [0, 0.1) is 5.82 Å². The molecule has 1 aromatic rings. The van der Waals surface area contributed by atoms with E-state index in [1.54, 1.807) is 0 Å². The Morgan fingerprint density at radius 1 is 1.19 bits per heavy atom. The number of hydrazine groups is 1. The summed E-state index contributed by atoms with van der Waals surface area (Å²) in [5.41, 5.74) is 2.82. The molecule has 90 valence electrons. The lowest BCUT2D eigenvalue weighted by atomic mass is 10.0. The molecule has 0 saturated carbocycles. The van der Waals surface area contributed by atoms with Crippen LogP contribution in [0.1, 0.15) is 24.4 Å². The predicted octanol–water partition coefficient (Wildman–Crippen LogP) is 2.67. The minimum Gasteiger partial charge on any atom is -0.271 e. The summed E-state index contributed by atoms with van der Waals surface area (Å²) in [5, 5.41) is 0. The third kappa shape index (κ3) is 4.16. The van der Waals surface area contributed by atoms with Crippen molar-refractivity contribution in [1.29, 1.82) is 0 Å². The van der Waals surface area contributed by atoms with Gasteiger partial charge in [-0.25, -0.2) is 4.39 Å². The van der Waals surface area contributed by atoms with Gasteiger partial charge in [0.15, 0.2) is 0 Å². The lowest BCUT2D eigenvalue weighted by Crippen LogP contribution is -2.29. The van der Waals surface area contributed by atoms with E-state index in [0.717, 1.165) is 0 Å². The molecule has 0 heterocycles. The average molecular weight is 236 g/mol. The molecule has 1 atom stereocenters. The Balaban J connectivity index is 2.64. The first kappa shape index (κ1) is 12.9. The molecule has 0 fully saturated rings. The fraction of sp³-hybridized carbons (Fsp3) is 0.400. The van der Waals surface area contributed by atoms with Gasteiger partial charge in [0, 0.05) is 12.5 Å². The minimum absolute atomic E-state index is 0.175. The molecule has 0 aromatic heterocycles. The lowest BCUT2D eigenvalue weighted by molar-refractivity contribution is -0.136. The maximum absolute atomic E-state index is 12.6. The van der Waals surface area contributed by atoms with Crippen LogP contribution in [0.2, 0.25) is 0 Å². The fourth-order valence-electron chi connectivity index (χ4n) is 1.35. The molecule has 2 nitrogen and oxygen atoms in total. The summed E-state index contributed by atoms with van der Waals surface area (Å²) in [4.78, 5) is 0. The molecule has 0 bridgehead atoms. The second-order valence-corrected chi connectivity index (χ2v) is 3.42. The monoisotopic (exact) mass is 236 g/mol. The van der Waals surface area contributed by atoms with Crippen molar-refractivity contribution in [3.63, 3.8) is 0 Å². The predicted molar refractivity (Wildman–Crippen MR) is 51.8 cm³/mol. The zero-order valence-electron chi connectivity index (χ0n) is 8.39. The van der Waals surface area contributed by atoms with Gasteiger partial charge >= 0.3 is 6.18 Å². The van der Waals surface area contributed by atoms with Crippen molar-refractivity contribution in [2.75, 3.05) is 0 Å². The van der Waals surface area contributed by atoms with Gasteiger partial charge in [-0.05, 0) is 24.1 Å². The minimum atomic E-state index is -4.21. The van der Waals surface area contributed by atoms with Gasteiger partial charge in [0.25, 0.3) is 0 Å². The quantitative estimate of drug-likeness (QED) is 0.479. The van der Waals surface area contributed by atoms with E-state index in [2.05, 4.69) is 5.43 Å². The smallest absolute Gasteiger partial charge is 0.271 e. The molecule has 0 aliphatic rings. The van der Waals surface area contributed by atoms with Crippen LogP contribution in [0.5, 0.6) is 0 Å². The van der Waals surface area contributed by atoms with E-state index in [9.17, 15) is 17.6 Å². The molecule has 0 aliphatic carbocycles. The largest absolute Gasteiger partial charge is 0.389 e. The Morgan fingerprint density at radius 3 is 2.19 bits per heavy atom. The van der Waals surface area contributed by atoms with Crippen LogP contribution in [-0.4, -0.2) is 6.18 Å². The number of nitrogens with two attached hydrogens (primary N) is 1. The van der Waals surface area contributed by atoms with Crippen molar-refractivity contribution >= 4 is 0 Å². The highest BCUT2D eigenvalue weighted by Gasteiger charge is 2.28. The van der Waals surface area contributed by atoms with Crippen LogP contribution in [-0.2, 0) is 0 Å². The number of nitrogens with one attached hydrogen (secondary N) is 1. The topological polar surface area (TPSA) is 38.0 Å². The molecule has 0 spiro atoms. The maximum atomic E-state index is 12.6. The summed E-state index contributed by atoms with van der Waals surface area (Å²) in [7, 11) is 0. The Labute approximate surface area is 90.4 Å². The highest BCUT2D eigenvalue weighted by Crippen LogP contribution is 2.27. The zero-order valence-corrected chi connectivity index (χ0v) is 8.39. The van der Waals surface area contributed by atoms with E-state index in [4.69, 9.17) is 5.84 Å². The Kier molecular flexibility index (Phi) is 4.26. The third-order valence-electron chi connectivity index (χ3n) is 2.19. The zero-order chi connectivity index (χ0) is 12.2. The van der Waals surface area contributed by atoms with Crippen LogP contribution in [0.15, 0.2) is 24.3 Å². The molecule has 3 N–H and O–H groups in total. The van der Waals surface area contributed by atoms with E-state index in [-0.39, 0.29) is 6.42 Å². The van der Waals surface area contributed by atoms with Gasteiger partial charge in [-0.15, -0.1) is 0 Å². The number of benzene rings is 1. The molecule has 1 aromatic carbocycles. The number of rotatable bonds is 4. The van der Waals surface area contributed by atoms with Gasteiger partial charge in [0.05, 0.1) is 0 Å². The molecule has 1 rings (SSSR count). The second-order valence-electron chi connectivity index (χ2n) is 3.42. The Morgan fingerprint density at radius 2 is 1.75 bits per heavy atom. The summed E-state index contributed by atoms with van der Waals surface area (Å²) in [6.45, 7) is 0. The van der Waals surface area contributed by atoms with Crippen molar-refractivity contribution in [3.8, 4) is 0 Å². The van der Waals surface area contributed by atoms with E-state index >= 15 is 0 Å². The van der Waals surface area contributed by atoms with Gasteiger partial charge in [-0.2, -0.15) is 13.2 Å². The van der Waals surface area contributed by atoms with Gasteiger partial charge in [0.1, 0.15) is 5.82 Å². The van der Waals surface area contributed by atoms with Crippen molar-refractivity contribution in [2.45, 2.75) is 25.1 Å². The number of halogens is 4. The van der Waals surface area contributed by atoms with Gasteiger partial charge in [0.2, 0.25) is 0 Å². The number of alkyl halides is 3. The average Bonchev–Trinajstić information content (AvgIpc) is 2.20. The molecular weight excluding hydrogens is 224 g/mol. The van der Waals surface area contributed by atoms with Crippen LogP contribution < -0.4 is 11.3 Å². The first-order valence-corrected chi connectivity index (χ1v) is 4.71. The van der Waals surface area contributed by atoms with E-state index in [0.29, 0.717) is 5.56 Å². The summed E-state index contributed by atoms with van der Waals surface area (Å²) >= 11 is 0. The number of hydrogen-bond acceptors (Lipinski definition) is 2. The normalized spacial score (nSPS) is 13.8. The standard InChI is InChI=1S/C10H12F4N2/c11-8-3-1-7(2-4-8)9(16-15)5-6-10(12,13)14/h1-4,9,16H,5-6,15H2. The van der Waals surface area contributed by atoms with Crippen LogP contribution >= 0.6 is 0 Å². The van der Waals surface area contributed by atoms with Crippen LogP contribution in [0.25, 0.3) is 0 Å². The highest BCUT2D eigenvalue weighted by molar-refractivity contribution is 5.19. The molecular formula is C10H12F4N2. The highest BCUT2D eigenvalue weighted by atomic mass is 19.4. The van der Waals surface area contributed by atoms with Gasteiger partial charge in [-0.1, -0.05) is 12.1 Å². The van der Waals surface area contributed by atoms with E-state index in [1.165, 1.54) is 24.3 Å². The molecule has 6 heteroatoms. The Hall–Kier alpha value is -1.14. The van der Waals surface area contributed by atoms with Crippen molar-refractivity contribution in [3.05, 3.63) is 35.6 Å². The van der Waals surface area contributed by atoms with Crippen LogP contribution in [0.4, 0.5) is 17.6 Å². The number of hydrogen-bond donors (Lipinski definition) is 2. The van der Waals surface area contributed by atoms with Crippen molar-refractivity contribution in [1.82, 2.24) is 5.43 Å². The Bertz CT molecular complexity index is 321. The molecule has 1 unspecified atom stereocenters. The first-order chi connectivity index (χ1) is 7.42. The lowest BCUT2D eigenvalue weighted by Gasteiger charge is -2.17. The SMILES string of the molecule is NNC(CCC(F)(F)F)c1ccc(F)cc1. The summed E-state index contributed by atoms with van der Waals surface area (Å²) in [6.07, 6.45) is -5.32. The van der Waals surface area contributed by atoms with E-state index in [1.807, 2.05) is 0 Å². The maximum Gasteiger partial charge on any atom is 0.389 e. The van der Waals surface area contributed by atoms with Crippen LogP contribution in [0.3, 0.4) is 0 Å². The van der Waals surface area contributed by atoms with E-state index < -0.39 is 24.5 Å². The van der Waals surface area contributed by atoms with Gasteiger partial charge < -0.3 is 0 Å². The fourth-order valence-corrected chi connectivity index (χ4v) is 1.35. The first-order valence-electron chi connectivity index (χ1n) is 4.71. The molecule has 16 heavy (non-hydrogen) atoms. The molecule has 0 radical (unpaired) electrons. The van der Waals surface area contributed by atoms with Gasteiger partial charge in [-0.3, -0.25) is 11.3 Å². The second kappa shape index (κ2) is 5.27. The summed E-state index contributed by atoms with van der Waals surface area (Å²) in [6, 6.07) is 4.58. The molecule has 0 amide bonds. The van der Waals surface area contributed by atoms with Crippen molar-refractivity contribution < 1.29 is 17.6 Å². The summed E-state index contributed by atoms with van der Waals surface area (Å²) < 4.78 is 48.6. The molecule has 0 aliphatic heterocycles. The van der Waals surface area contributed by atoms with Crippen molar-refractivity contribution in [2.24, 2.45) is 5.84 Å². The summed E-state index contributed by atoms with van der Waals surface area (Å²) in [5.74, 6) is 4.73.